The molecule has 0 bridgehead atoms. The first-order chi connectivity index (χ1) is 9.30. The molecule has 0 heterocycles. The van der Waals surface area contributed by atoms with E-state index in [2.05, 4.69) is 0 Å². The zero-order valence-corrected chi connectivity index (χ0v) is 11.5. The average molecular weight is 300 g/mol. The summed E-state index contributed by atoms with van der Waals surface area (Å²) in [6.07, 6.45) is -4.43. The van der Waals surface area contributed by atoms with Crippen LogP contribution in [0, 0.1) is 6.92 Å². The number of alkyl halides is 3. The smallest absolute Gasteiger partial charge is 0.320 e. The topological polar surface area (TPSA) is 26.0 Å². The average Bonchev–Trinajstić information content (AvgIpc) is 2.40. The Hall–Kier alpha value is -1.52. The summed E-state index contributed by atoms with van der Waals surface area (Å²) in [4.78, 5) is 0. The van der Waals surface area contributed by atoms with E-state index in [9.17, 15) is 13.2 Å². The lowest BCUT2D eigenvalue weighted by molar-refractivity contribution is -0.138. The molecule has 0 aliphatic rings. The largest absolute Gasteiger partial charge is 0.416 e. The maximum absolute atomic E-state index is 13.0. The van der Waals surface area contributed by atoms with Crippen LogP contribution in [0.5, 0.6) is 0 Å². The normalized spacial score (nSPS) is 13.3. The van der Waals surface area contributed by atoms with E-state index in [1.807, 2.05) is 0 Å². The van der Waals surface area contributed by atoms with Crippen LogP contribution in [0.1, 0.15) is 28.3 Å². The number of hydrogen-bond donors (Lipinski definition) is 1. The molecule has 0 fully saturated rings. The molecule has 106 valence electrons. The summed E-state index contributed by atoms with van der Waals surface area (Å²) in [5, 5.41) is 0.450. The Morgan fingerprint density at radius 3 is 2.35 bits per heavy atom. The second-order valence-electron chi connectivity index (χ2n) is 4.56. The van der Waals surface area contributed by atoms with Crippen LogP contribution in [0.3, 0.4) is 0 Å². The summed E-state index contributed by atoms with van der Waals surface area (Å²) in [6.45, 7) is 1.79. The van der Waals surface area contributed by atoms with Crippen LogP contribution in [-0.2, 0) is 6.18 Å². The molecule has 0 spiro atoms. The molecular formula is C15H13ClF3N. The molecule has 2 rings (SSSR count). The maximum Gasteiger partial charge on any atom is 0.416 e. The standard InChI is InChI=1S/C15H13ClF3N/c1-9-6-7-10(16)8-12(9)14(20)11-4-2-3-5-13(11)15(17,18)19/h2-8,14H,20H2,1H3. The Bertz CT molecular complexity index is 623. The second-order valence-corrected chi connectivity index (χ2v) is 5.00. The third kappa shape index (κ3) is 2.97. The monoisotopic (exact) mass is 299 g/mol. The summed E-state index contributed by atoms with van der Waals surface area (Å²) < 4.78 is 39.1. The molecule has 0 saturated heterocycles. The van der Waals surface area contributed by atoms with Gasteiger partial charge in [-0.25, -0.2) is 0 Å². The van der Waals surface area contributed by atoms with E-state index in [1.165, 1.54) is 12.1 Å². The highest BCUT2D eigenvalue weighted by Crippen LogP contribution is 2.36. The molecule has 0 radical (unpaired) electrons. The minimum Gasteiger partial charge on any atom is -0.320 e. The minimum absolute atomic E-state index is 0.0466. The Morgan fingerprint density at radius 1 is 1.05 bits per heavy atom. The molecule has 2 N–H and O–H groups in total. The Kier molecular flexibility index (Phi) is 4.06. The van der Waals surface area contributed by atoms with Crippen molar-refractivity contribution in [3.63, 3.8) is 0 Å². The quantitative estimate of drug-likeness (QED) is 0.853. The Morgan fingerprint density at radius 2 is 1.70 bits per heavy atom. The van der Waals surface area contributed by atoms with Crippen molar-refractivity contribution < 1.29 is 13.2 Å². The summed E-state index contributed by atoms with van der Waals surface area (Å²) in [7, 11) is 0. The fourth-order valence-corrected chi connectivity index (χ4v) is 2.32. The summed E-state index contributed by atoms with van der Waals surface area (Å²) in [6, 6.07) is 9.49. The van der Waals surface area contributed by atoms with Gasteiger partial charge in [-0.15, -0.1) is 0 Å². The van der Waals surface area contributed by atoms with Crippen LogP contribution in [0.25, 0.3) is 0 Å². The van der Waals surface area contributed by atoms with Gasteiger partial charge in [-0.3, -0.25) is 0 Å². The first-order valence-corrected chi connectivity index (χ1v) is 6.36. The molecule has 1 unspecified atom stereocenters. The molecule has 20 heavy (non-hydrogen) atoms. The predicted octanol–water partition coefficient (Wildman–Crippen LogP) is 4.72. The van der Waals surface area contributed by atoms with Gasteiger partial charge in [0.2, 0.25) is 0 Å². The molecule has 2 aromatic carbocycles. The van der Waals surface area contributed by atoms with E-state index >= 15 is 0 Å². The molecule has 5 heteroatoms. The third-order valence-electron chi connectivity index (χ3n) is 3.18. The van der Waals surface area contributed by atoms with Gasteiger partial charge < -0.3 is 5.73 Å². The van der Waals surface area contributed by atoms with Crippen LogP contribution in [-0.4, -0.2) is 0 Å². The van der Waals surface area contributed by atoms with Crippen LogP contribution < -0.4 is 5.73 Å². The highest BCUT2D eigenvalue weighted by atomic mass is 35.5. The summed E-state index contributed by atoms with van der Waals surface area (Å²) in [5.41, 5.74) is 6.75. The van der Waals surface area contributed by atoms with Crippen molar-refractivity contribution in [2.75, 3.05) is 0 Å². The first kappa shape index (κ1) is 14.9. The van der Waals surface area contributed by atoms with Crippen LogP contribution >= 0.6 is 11.6 Å². The molecule has 0 aliphatic carbocycles. The lowest BCUT2D eigenvalue weighted by Crippen LogP contribution is -2.19. The van der Waals surface area contributed by atoms with Gasteiger partial charge in [0.25, 0.3) is 0 Å². The van der Waals surface area contributed by atoms with Gasteiger partial charge >= 0.3 is 6.18 Å². The van der Waals surface area contributed by atoms with Crippen LogP contribution in [0.4, 0.5) is 13.2 Å². The van der Waals surface area contributed by atoms with Gasteiger partial charge in [-0.2, -0.15) is 13.2 Å². The van der Waals surface area contributed by atoms with E-state index < -0.39 is 17.8 Å². The lowest BCUT2D eigenvalue weighted by Gasteiger charge is -2.20. The van der Waals surface area contributed by atoms with Gasteiger partial charge in [-0.1, -0.05) is 35.9 Å². The van der Waals surface area contributed by atoms with E-state index in [-0.39, 0.29) is 5.56 Å². The highest BCUT2D eigenvalue weighted by molar-refractivity contribution is 6.30. The number of halogens is 4. The van der Waals surface area contributed by atoms with Gasteiger partial charge in [-0.05, 0) is 41.8 Å². The fourth-order valence-electron chi connectivity index (χ4n) is 2.14. The van der Waals surface area contributed by atoms with Gasteiger partial charge in [0.05, 0.1) is 11.6 Å². The number of aryl methyl sites for hydroxylation is 1. The zero-order valence-electron chi connectivity index (χ0n) is 10.7. The van der Waals surface area contributed by atoms with Crippen LogP contribution in [0.15, 0.2) is 42.5 Å². The Balaban J connectivity index is 2.54. The van der Waals surface area contributed by atoms with Crippen molar-refractivity contribution >= 4 is 11.6 Å². The molecule has 0 amide bonds. The van der Waals surface area contributed by atoms with Crippen molar-refractivity contribution in [3.8, 4) is 0 Å². The van der Waals surface area contributed by atoms with E-state index in [1.54, 1.807) is 31.2 Å². The van der Waals surface area contributed by atoms with E-state index in [0.29, 0.717) is 10.6 Å². The minimum atomic E-state index is -4.43. The molecule has 0 aliphatic heterocycles. The molecule has 1 atom stereocenters. The number of rotatable bonds is 2. The van der Waals surface area contributed by atoms with Crippen molar-refractivity contribution in [1.29, 1.82) is 0 Å². The fraction of sp³-hybridized carbons (Fsp3) is 0.200. The molecular weight excluding hydrogens is 287 g/mol. The van der Waals surface area contributed by atoms with E-state index in [4.69, 9.17) is 17.3 Å². The number of benzene rings is 2. The highest BCUT2D eigenvalue weighted by Gasteiger charge is 2.34. The molecule has 0 saturated carbocycles. The number of nitrogens with two attached hydrogens (primary N) is 1. The van der Waals surface area contributed by atoms with Gasteiger partial charge in [0, 0.05) is 5.02 Å². The number of hydrogen-bond acceptors (Lipinski definition) is 1. The third-order valence-corrected chi connectivity index (χ3v) is 3.41. The molecule has 1 nitrogen and oxygen atoms in total. The summed E-state index contributed by atoms with van der Waals surface area (Å²) >= 11 is 5.90. The van der Waals surface area contributed by atoms with Gasteiger partial charge in [0.1, 0.15) is 0 Å². The van der Waals surface area contributed by atoms with E-state index in [0.717, 1.165) is 11.6 Å². The second kappa shape index (κ2) is 5.46. The zero-order chi connectivity index (χ0) is 14.9. The van der Waals surface area contributed by atoms with Crippen molar-refractivity contribution in [2.45, 2.75) is 19.1 Å². The first-order valence-electron chi connectivity index (χ1n) is 5.98. The predicted molar refractivity (Wildman–Crippen MR) is 73.7 cm³/mol. The van der Waals surface area contributed by atoms with Gasteiger partial charge in [0.15, 0.2) is 0 Å². The van der Waals surface area contributed by atoms with Crippen LogP contribution in [0.2, 0.25) is 5.02 Å². The Labute approximate surface area is 120 Å². The van der Waals surface area contributed by atoms with Crippen molar-refractivity contribution in [1.82, 2.24) is 0 Å². The van der Waals surface area contributed by atoms with Crippen molar-refractivity contribution in [3.05, 3.63) is 69.7 Å². The lowest BCUT2D eigenvalue weighted by atomic mass is 9.92. The van der Waals surface area contributed by atoms with Crippen molar-refractivity contribution in [2.24, 2.45) is 5.73 Å². The molecule has 0 aromatic heterocycles. The summed E-state index contributed by atoms with van der Waals surface area (Å²) in [5.74, 6) is 0. The SMILES string of the molecule is Cc1ccc(Cl)cc1C(N)c1ccccc1C(F)(F)F. The molecule has 2 aromatic rings. The maximum atomic E-state index is 13.0.